The Bertz CT molecular complexity index is 1370. The van der Waals surface area contributed by atoms with Crippen LogP contribution in [0.15, 0.2) is 85.1 Å². The van der Waals surface area contributed by atoms with Crippen molar-refractivity contribution in [3.63, 3.8) is 0 Å². The molecule has 6 rings (SSSR count). The standard InChI is InChI=1S/C30H31N5O2/c36-29(34-16-18-35(19-17-34)30-31-20-24-10-4-6-12-26(24)32-30)14-15-33-21-25-11-5-7-13-27(25)37-28(22-33)23-8-2-1-3-9-23/h1-13,20,28H,14-19,21-22H2. The van der Waals surface area contributed by atoms with Crippen LogP contribution >= 0.6 is 0 Å². The lowest BCUT2D eigenvalue weighted by molar-refractivity contribution is -0.131. The Kier molecular flexibility index (Phi) is 6.69. The Labute approximate surface area is 217 Å². The van der Waals surface area contributed by atoms with E-state index in [1.54, 1.807) is 0 Å². The Morgan fingerprint density at radius 1 is 0.892 bits per heavy atom. The van der Waals surface area contributed by atoms with E-state index in [2.05, 4.69) is 33.0 Å². The Morgan fingerprint density at radius 2 is 1.65 bits per heavy atom. The number of ether oxygens (including phenoxy) is 1. The van der Waals surface area contributed by atoms with Gasteiger partial charge in [0.05, 0.1) is 5.52 Å². The SMILES string of the molecule is O=C(CCN1Cc2ccccc2OC(c2ccccc2)C1)N1CCN(c2ncc3ccccc3n2)CC1. The molecule has 7 heteroatoms. The summed E-state index contributed by atoms with van der Waals surface area (Å²) in [4.78, 5) is 28.9. The summed E-state index contributed by atoms with van der Waals surface area (Å²) in [6.45, 7) is 5.09. The van der Waals surface area contributed by atoms with Crippen LogP contribution in [0.25, 0.3) is 10.9 Å². The highest BCUT2D eigenvalue weighted by atomic mass is 16.5. The maximum absolute atomic E-state index is 13.2. The van der Waals surface area contributed by atoms with E-state index >= 15 is 0 Å². The van der Waals surface area contributed by atoms with Gasteiger partial charge in [0.2, 0.25) is 11.9 Å². The summed E-state index contributed by atoms with van der Waals surface area (Å²) in [5, 5.41) is 1.04. The fraction of sp³-hybridized carbons (Fsp3) is 0.300. The lowest BCUT2D eigenvalue weighted by Gasteiger charge is -2.35. The molecule has 1 aromatic heterocycles. The lowest BCUT2D eigenvalue weighted by Crippen LogP contribution is -2.49. The van der Waals surface area contributed by atoms with Crippen molar-refractivity contribution in [1.29, 1.82) is 0 Å². The molecule has 0 aliphatic carbocycles. The molecule has 2 aliphatic rings. The van der Waals surface area contributed by atoms with Crippen LogP contribution in [0.4, 0.5) is 5.95 Å². The zero-order valence-corrected chi connectivity index (χ0v) is 20.9. The van der Waals surface area contributed by atoms with Crippen molar-refractivity contribution in [3.8, 4) is 5.75 Å². The number of carbonyl (C=O) groups excluding carboxylic acids is 1. The normalized spacial score (nSPS) is 18.2. The molecule has 0 N–H and O–H groups in total. The van der Waals surface area contributed by atoms with E-state index < -0.39 is 0 Å². The third-order valence-electron chi connectivity index (χ3n) is 7.26. The molecule has 1 saturated heterocycles. The van der Waals surface area contributed by atoms with Gasteiger partial charge in [0.15, 0.2) is 0 Å². The van der Waals surface area contributed by atoms with Gasteiger partial charge in [-0.25, -0.2) is 9.97 Å². The first-order valence-corrected chi connectivity index (χ1v) is 13.0. The van der Waals surface area contributed by atoms with Gasteiger partial charge in [-0.05, 0) is 17.7 Å². The number of amides is 1. The predicted molar refractivity (Wildman–Crippen MR) is 144 cm³/mol. The van der Waals surface area contributed by atoms with Crippen LogP contribution in [0.2, 0.25) is 0 Å². The molecular formula is C30H31N5O2. The fourth-order valence-corrected chi connectivity index (χ4v) is 5.17. The maximum atomic E-state index is 13.2. The third-order valence-corrected chi connectivity index (χ3v) is 7.26. The zero-order chi connectivity index (χ0) is 25.0. The Morgan fingerprint density at radius 3 is 2.51 bits per heavy atom. The molecule has 1 fully saturated rings. The highest BCUT2D eigenvalue weighted by Crippen LogP contribution is 2.31. The monoisotopic (exact) mass is 493 g/mol. The van der Waals surface area contributed by atoms with E-state index in [1.807, 2.05) is 71.8 Å². The van der Waals surface area contributed by atoms with Crippen LogP contribution < -0.4 is 9.64 Å². The second-order valence-corrected chi connectivity index (χ2v) is 9.71. The van der Waals surface area contributed by atoms with Gasteiger partial charge in [-0.3, -0.25) is 9.69 Å². The molecule has 2 aliphatic heterocycles. The van der Waals surface area contributed by atoms with Gasteiger partial charge in [0, 0.05) is 69.4 Å². The molecule has 0 spiro atoms. The maximum Gasteiger partial charge on any atom is 0.225 e. The minimum absolute atomic E-state index is 0.0644. The number of hydrogen-bond donors (Lipinski definition) is 0. The van der Waals surface area contributed by atoms with Gasteiger partial charge in [0.1, 0.15) is 11.9 Å². The molecular weight excluding hydrogens is 462 g/mol. The number of aromatic nitrogens is 2. The van der Waals surface area contributed by atoms with Crippen molar-refractivity contribution in [3.05, 3.63) is 96.2 Å². The van der Waals surface area contributed by atoms with Gasteiger partial charge in [-0.1, -0.05) is 66.7 Å². The highest BCUT2D eigenvalue weighted by molar-refractivity contribution is 5.79. The first kappa shape index (κ1) is 23.4. The first-order valence-electron chi connectivity index (χ1n) is 13.0. The number of para-hydroxylation sites is 2. The summed E-state index contributed by atoms with van der Waals surface area (Å²) in [5.41, 5.74) is 3.27. The molecule has 3 aromatic carbocycles. The van der Waals surface area contributed by atoms with E-state index in [0.717, 1.165) is 59.9 Å². The Hall–Kier alpha value is -3.97. The van der Waals surface area contributed by atoms with Gasteiger partial charge in [0.25, 0.3) is 0 Å². The molecule has 0 bridgehead atoms. The average Bonchev–Trinajstić information content (AvgIpc) is 3.15. The number of benzene rings is 3. The molecule has 3 heterocycles. The van der Waals surface area contributed by atoms with Crippen LogP contribution in [-0.2, 0) is 11.3 Å². The minimum Gasteiger partial charge on any atom is -0.484 e. The predicted octanol–water partition coefficient (Wildman–Crippen LogP) is 4.30. The van der Waals surface area contributed by atoms with Gasteiger partial charge >= 0.3 is 0 Å². The van der Waals surface area contributed by atoms with Crippen molar-refractivity contribution in [1.82, 2.24) is 19.8 Å². The number of carbonyl (C=O) groups is 1. The summed E-state index contributed by atoms with van der Waals surface area (Å²) < 4.78 is 6.42. The average molecular weight is 494 g/mol. The molecule has 0 saturated carbocycles. The molecule has 1 amide bonds. The van der Waals surface area contributed by atoms with E-state index in [4.69, 9.17) is 9.72 Å². The highest BCUT2D eigenvalue weighted by Gasteiger charge is 2.26. The van der Waals surface area contributed by atoms with Crippen LogP contribution in [0, 0.1) is 0 Å². The van der Waals surface area contributed by atoms with Crippen molar-refractivity contribution < 1.29 is 9.53 Å². The smallest absolute Gasteiger partial charge is 0.225 e. The number of fused-ring (bicyclic) bond motifs is 2. The number of piperazine rings is 1. The van der Waals surface area contributed by atoms with Crippen LogP contribution in [0.5, 0.6) is 5.75 Å². The Balaban J connectivity index is 1.07. The van der Waals surface area contributed by atoms with Crippen molar-refractivity contribution >= 4 is 22.8 Å². The summed E-state index contributed by atoms with van der Waals surface area (Å²) in [6, 6.07) is 26.6. The van der Waals surface area contributed by atoms with E-state index in [0.29, 0.717) is 26.1 Å². The summed E-state index contributed by atoms with van der Waals surface area (Å²) in [6.07, 6.45) is 2.31. The largest absolute Gasteiger partial charge is 0.484 e. The second-order valence-electron chi connectivity index (χ2n) is 9.71. The van der Waals surface area contributed by atoms with Crippen molar-refractivity contribution in [2.45, 2.75) is 19.1 Å². The zero-order valence-electron chi connectivity index (χ0n) is 20.9. The molecule has 0 radical (unpaired) electrons. The number of anilines is 1. The van der Waals surface area contributed by atoms with E-state index in [1.165, 1.54) is 0 Å². The molecule has 7 nitrogen and oxygen atoms in total. The lowest BCUT2D eigenvalue weighted by atomic mass is 10.1. The number of rotatable bonds is 5. The topological polar surface area (TPSA) is 61.8 Å². The third kappa shape index (κ3) is 5.27. The quantitative estimate of drug-likeness (QED) is 0.413. The van der Waals surface area contributed by atoms with Crippen LogP contribution in [-0.4, -0.2) is 64.9 Å². The van der Waals surface area contributed by atoms with Crippen molar-refractivity contribution in [2.24, 2.45) is 0 Å². The van der Waals surface area contributed by atoms with E-state index in [9.17, 15) is 4.79 Å². The van der Waals surface area contributed by atoms with Crippen LogP contribution in [0.1, 0.15) is 23.7 Å². The number of hydrogen-bond acceptors (Lipinski definition) is 6. The molecule has 4 aromatic rings. The van der Waals surface area contributed by atoms with Gasteiger partial charge < -0.3 is 14.5 Å². The summed E-state index contributed by atoms with van der Waals surface area (Å²) in [5.74, 6) is 1.87. The molecule has 37 heavy (non-hydrogen) atoms. The summed E-state index contributed by atoms with van der Waals surface area (Å²) in [7, 11) is 0. The molecule has 1 unspecified atom stereocenters. The van der Waals surface area contributed by atoms with Gasteiger partial charge in [-0.15, -0.1) is 0 Å². The van der Waals surface area contributed by atoms with E-state index in [-0.39, 0.29) is 12.0 Å². The first-order chi connectivity index (χ1) is 18.2. The number of nitrogens with zero attached hydrogens (tertiary/aromatic N) is 5. The molecule has 1 atom stereocenters. The van der Waals surface area contributed by atoms with Gasteiger partial charge in [-0.2, -0.15) is 0 Å². The second kappa shape index (κ2) is 10.6. The van der Waals surface area contributed by atoms with Crippen LogP contribution in [0.3, 0.4) is 0 Å². The summed E-state index contributed by atoms with van der Waals surface area (Å²) >= 11 is 0. The molecule has 188 valence electrons. The fourth-order valence-electron chi connectivity index (χ4n) is 5.17. The van der Waals surface area contributed by atoms with Crippen molar-refractivity contribution in [2.75, 3.05) is 44.2 Å². The minimum atomic E-state index is -0.0644.